The molecule has 6 nitrogen and oxygen atoms in total. The number of piperidine rings is 1. The van der Waals surface area contributed by atoms with Crippen molar-refractivity contribution in [3.05, 3.63) is 35.9 Å². The largest absolute Gasteiger partial charge is 0.289 e. The molecular formula is C18H28N6. The van der Waals surface area contributed by atoms with Crippen LogP contribution >= 0.6 is 0 Å². The van der Waals surface area contributed by atoms with Crippen LogP contribution in [0.3, 0.4) is 0 Å². The quantitative estimate of drug-likeness (QED) is 0.844. The number of rotatable bonds is 5. The van der Waals surface area contributed by atoms with Gasteiger partial charge in [0.25, 0.3) is 0 Å². The zero-order chi connectivity index (χ0) is 17.2. The fraction of sp³-hybridized carbons (Fsp3) is 0.667. The molecule has 0 amide bonds. The maximum atomic E-state index is 4.44. The molecule has 3 heterocycles. The molecule has 6 heteroatoms. The van der Waals surface area contributed by atoms with Crippen LogP contribution in [0.4, 0.5) is 0 Å². The first-order valence-corrected chi connectivity index (χ1v) is 8.95. The molecule has 2 aromatic rings. The molecule has 0 radical (unpaired) electrons. The Hall–Kier alpha value is -1.82. The van der Waals surface area contributed by atoms with E-state index in [2.05, 4.69) is 59.2 Å². The topological polar surface area (TPSA) is 59.7 Å². The van der Waals surface area contributed by atoms with Gasteiger partial charge < -0.3 is 0 Å². The number of tetrazole rings is 1. The Kier molecular flexibility index (Phi) is 4.94. The lowest BCUT2D eigenvalue weighted by molar-refractivity contribution is 0.135. The molecule has 1 aliphatic rings. The van der Waals surface area contributed by atoms with Gasteiger partial charge >= 0.3 is 0 Å². The van der Waals surface area contributed by atoms with Gasteiger partial charge in [-0.1, -0.05) is 19.9 Å². The van der Waals surface area contributed by atoms with Gasteiger partial charge in [-0.3, -0.25) is 9.88 Å². The summed E-state index contributed by atoms with van der Waals surface area (Å²) in [6.07, 6.45) is 7.25. The summed E-state index contributed by atoms with van der Waals surface area (Å²) in [4.78, 5) is 6.85. The summed E-state index contributed by atoms with van der Waals surface area (Å²) in [7, 11) is 0. The zero-order valence-corrected chi connectivity index (χ0v) is 15.2. The molecule has 1 saturated heterocycles. The Bertz CT molecular complexity index is 651. The molecule has 0 spiro atoms. The zero-order valence-electron chi connectivity index (χ0n) is 15.2. The summed E-state index contributed by atoms with van der Waals surface area (Å²) in [5, 5.41) is 12.8. The average Bonchev–Trinajstić information content (AvgIpc) is 3.06. The third-order valence-corrected chi connectivity index (χ3v) is 5.23. The highest BCUT2D eigenvalue weighted by Gasteiger charge is 2.34. The molecule has 0 aliphatic carbocycles. The van der Waals surface area contributed by atoms with Crippen molar-refractivity contribution in [1.82, 2.24) is 30.1 Å². The van der Waals surface area contributed by atoms with E-state index in [-0.39, 0.29) is 11.6 Å². The van der Waals surface area contributed by atoms with E-state index in [4.69, 9.17) is 0 Å². The van der Waals surface area contributed by atoms with E-state index in [1.807, 2.05) is 23.1 Å². The van der Waals surface area contributed by atoms with Gasteiger partial charge in [0.1, 0.15) is 0 Å². The maximum absolute atomic E-state index is 4.44. The number of nitrogens with zero attached hydrogens (tertiary/aromatic N) is 6. The van der Waals surface area contributed by atoms with Crippen LogP contribution in [0.15, 0.2) is 24.5 Å². The maximum Gasteiger partial charge on any atom is 0.173 e. The first kappa shape index (κ1) is 17.0. The van der Waals surface area contributed by atoms with Crippen molar-refractivity contribution in [2.45, 2.75) is 58.5 Å². The standard InChI is InChI=1S/C18H28N6/c1-5-18(3,4)24-17(20-21-22-24)16(15-9-6-10-19-12-15)23-11-7-8-14(2)13-23/h6,9-10,12,14,16H,5,7-8,11,13H2,1-4H3/t14-,16+/m1/s1. The van der Waals surface area contributed by atoms with Crippen LogP contribution in [0, 0.1) is 5.92 Å². The summed E-state index contributed by atoms with van der Waals surface area (Å²) in [6, 6.07) is 4.19. The van der Waals surface area contributed by atoms with Gasteiger partial charge in [0.2, 0.25) is 0 Å². The molecule has 24 heavy (non-hydrogen) atoms. The van der Waals surface area contributed by atoms with Crippen molar-refractivity contribution >= 4 is 0 Å². The Morgan fingerprint density at radius 1 is 1.38 bits per heavy atom. The third kappa shape index (κ3) is 3.34. The van der Waals surface area contributed by atoms with Crippen LogP contribution in [0.25, 0.3) is 0 Å². The van der Waals surface area contributed by atoms with E-state index < -0.39 is 0 Å². The van der Waals surface area contributed by atoms with Gasteiger partial charge in [-0.05, 0) is 67.6 Å². The Labute approximate surface area is 144 Å². The molecule has 2 aromatic heterocycles. The summed E-state index contributed by atoms with van der Waals surface area (Å²) in [6.45, 7) is 11.0. The second kappa shape index (κ2) is 6.97. The normalized spacial score (nSPS) is 20.9. The smallest absolute Gasteiger partial charge is 0.173 e. The minimum absolute atomic E-state index is 0.0577. The molecule has 1 fully saturated rings. The molecule has 3 rings (SSSR count). The number of aromatic nitrogens is 5. The molecular weight excluding hydrogens is 300 g/mol. The lowest BCUT2D eigenvalue weighted by Gasteiger charge is -2.37. The number of pyridine rings is 1. The van der Waals surface area contributed by atoms with Crippen LogP contribution in [0.2, 0.25) is 0 Å². The first-order chi connectivity index (χ1) is 11.5. The first-order valence-electron chi connectivity index (χ1n) is 8.95. The van der Waals surface area contributed by atoms with Gasteiger partial charge in [0, 0.05) is 18.9 Å². The number of hydrogen-bond donors (Lipinski definition) is 0. The highest BCUT2D eigenvalue weighted by Crippen LogP contribution is 2.33. The van der Waals surface area contributed by atoms with E-state index >= 15 is 0 Å². The fourth-order valence-corrected chi connectivity index (χ4v) is 3.47. The van der Waals surface area contributed by atoms with Crippen LogP contribution in [0.5, 0.6) is 0 Å². The highest BCUT2D eigenvalue weighted by molar-refractivity contribution is 5.22. The fourth-order valence-electron chi connectivity index (χ4n) is 3.47. The van der Waals surface area contributed by atoms with Crippen molar-refractivity contribution in [2.24, 2.45) is 5.92 Å². The van der Waals surface area contributed by atoms with Gasteiger partial charge in [-0.25, -0.2) is 4.68 Å². The second-order valence-corrected chi connectivity index (χ2v) is 7.55. The molecule has 0 N–H and O–H groups in total. The summed E-state index contributed by atoms with van der Waals surface area (Å²) >= 11 is 0. The van der Waals surface area contributed by atoms with Crippen molar-refractivity contribution < 1.29 is 0 Å². The predicted molar refractivity (Wildman–Crippen MR) is 93.5 cm³/mol. The number of likely N-dealkylation sites (tertiary alicyclic amines) is 1. The molecule has 0 bridgehead atoms. The van der Waals surface area contributed by atoms with Crippen LogP contribution < -0.4 is 0 Å². The van der Waals surface area contributed by atoms with Crippen LogP contribution in [-0.2, 0) is 5.54 Å². The van der Waals surface area contributed by atoms with E-state index in [0.29, 0.717) is 5.92 Å². The molecule has 130 valence electrons. The van der Waals surface area contributed by atoms with E-state index in [1.165, 1.54) is 12.8 Å². The third-order valence-electron chi connectivity index (χ3n) is 5.23. The van der Waals surface area contributed by atoms with Crippen molar-refractivity contribution in [2.75, 3.05) is 13.1 Å². The van der Waals surface area contributed by atoms with Crippen molar-refractivity contribution in [3.8, 4) is 0 Å². The van der Waals surface area contributed by atoms with Crippen molar-refractivity contribution in [1.29, 1.82) is 0 Å². The van der Waals surface area contributed by atoms with E-state index in [0.717, 1.165) is 30.9 Å². The van der Waals surface area contributed by atoms with Crippen LogP contribution in [0.1, 0.15) is 64.4 Å². The van der Waals surface area contributed by atoms with Gasteiger partial charge in [-0.2, -0.15) is 0 Å². The van der Waals surface area contributed by atoms with Gasteiger partial charge in [-0.15, -0.1) is 5.10 Å². The molecule has 0 saturated carbocycles. The Balaban J connectivity index is 2.05. The minimum atomic E-state index is -0.110. The van der Waals surface area contributed by atoms with E-state index in [1.54, 1.807) is 0 Å². The predicted octanol–water partition coefficient (Wildman–Crippen LogP) is 3.03. The minimum Gasteiger partial charge on any atom is -0.289 e. The SMILES string of the molecule is CCC(C)(C)n1nnnc1[C@H](c1cccnc1)N1CCC[C@@H](C)C1. The summed E-state index contributed by atoms with van der Waals surface area (Å²) in [5.74, 6) is 1.62. The Morgan fingerprint density at radius 3 is 2.88 bits per heavy atom. The van der Waals surface area contributed by atoms with E-state index in [9.17, 15) is 0 Å². The monoisotopic (exact) mass is 328 g/mol. The molecule has 0 aromatic carbocycles. The summed E-state index contributed by atoms with van der Waals surface area (Å²) < 4.78 is 2.00. The molecule has 1 aliphatic heterocycles. The van der Waals surface area contributed by atoms with Gasteiger partial charge in [0.05, 0.1) is 11.6 Å². The lowest BCUT2D eigenvalue weighted by Crippen LogP contribution is -2.40. The van der Waals surface area contributed by atoms with Crippen LogP contribution in [-0.4, -0.2) is 43.2 Å². The van der Waals surface area contributed by atoms with Crippen molar-refractivity contribution in [3.63, 3.8) is 0 Å². The molecule has 0 unspecified atom stereocenters. The lowest BCUT2D eigenvalue weighted by atomic mass is 9.95. The van der Waals surface area contributed by atoms with Gasteiger partial charge in [0.15, 0.2) is 5.82 Å². The second-order valence-electron chi connectivity index (χ2n) is 7.55. The molecule has 2 atom stereocenters. The highest BCUT2D eigenvalue weighted by atomic mass is 15.6. The summed E-state index contributed by atoms with van der Waals surface area (Å²) in [5.41, 5.74) is 1.05. The Morgan fingerprint density at radius 2 is 2.21 bits per heavy atom. The number of hydrogen-bond acceptors (Lipinski definition) is 5. The average molecular weight is 328 g/mol.